The monoisotopic (exact) mass is 337 g/mol. The van der Waals surface area contributed by atoms with Crippen molar-refractivity contribution in [1.82, 2.24) is 5.43 Å². The Morgan fingerprint density at radius 1 is 1.18 bits per heavy atom. The van der Waals surface area contributed by atoms with Crippen LogP contribution < -0.4 is 15.9 Å². The number of rotatable bonds is 5. The Bertz CT molecular complexity index is 674. The van der Waals surface area contributed by atoms with Gasteiger partial charge >= 0.3 is 0 Å². The molecule has 2 rings (SSSR count). The maximum absolute atomic E-state index is 12.9. The lowest BCUT2D eigenvalue weighted by Crippen LogP contribution is -2.27. The van der Waals surface area contributed by atoms with Crippen LogP contribution in [0.1, 0.15) is 5.56 Å². The zero-order valence-electron chi connectivity index (χ0n) is 11.4. The number of nitrogens with two attached hydrogens (primary N) is 1. The maximum Gasteiger partial charge on any atom is 0.184 e. The Hall–Kier alpha value is -2.18. The van der Waals surface area contributed by atoms with Gasteiger partial charge < -0.3 is 10.5 Å². The molecule has 0 spiro atoms. The highest BCUT2D eigenvalue weighted by Crippen LogP contribution is 2.14. The topological polar surface area (TPSA) is 59.6 Å². The van der Waals surface area contributed by atoms with Crippen molar-refractivity contribution in [2.75, 3.05) is 6.61 Å². The van der Waals surface area contributed by atoms with Crippen molar-refractivity contribution in [2.45, 2.75) is 0 Å². The molecule has 0 fully saturated rings. The summed E-state index contributed by atoms with van der Waals surface area (Å²) in [4.78, 5) is 0. The predicted molar refractivity (Wildman–Crippen MR) is 89.8 cm³/mol. The van der Waals surface area contributed by atoms with Gasteiger partial charge in [0.15, 0.2) is 5.11 Å². The molecule has 0 aliphatic rings. The van der Waals surface area contributed by atoms with Gasteiger partial charge in [-0.3, -0.25) is 5.43 Å². The molecule has 0 aliphatic heterocycles. The molecule has 0 aliphatic carbocycles. The summed E-state index contributed by atoms with van der Waals surface area (Å²) in [5, 5.41) is 4.78. The summed E-state index contributed by atoms with van der Waals surface area (Å²) in [7, 11) is 0. The van der Waals surface area contributed by atoms with Crippen molar-refractivity contribution in [3.63, 3.8) is 0 Å². The molecule has 0 bridgehead atoms. The van der Waals surface area contributed by atoms with Gasteiger partial charge in [-0.1, -0.05) is 23.7 Å². The van der Waals surface area contributed by atoms with Crippen molar-refractivity contribution in [3.05, 3.63) is 64.9 Å². The van der Waals surface area contributed by atoms with Crippen molar-refractivity contribution in [1.29, 1.82) is 0 Å². The van der Waals surface area contributed by atoms with E-state index < -0.39 is 0 Å². The van der Waals surface area contributed by atoms with Crippen molar-refractivity contribution >= 4 is 34.6 Å². The van der Waals surface area contributed by atoms with E-state index in [1.807, 2.05) is 0 Å². The Morgan fingerprint density at radius 2 is 1.82 bits per heavy atom. The molecule has 0 saturated carbocycles. The van der Waals surface area contributed by atoms with Gasteiger partial charge in [-0.25, -0.2) is 4.39 Å². The summed E-state index contributed by atoms with van der Waals surface area (Å²) >= 11 is 10.6. The standard InChI is InChI=1S/C15H13ClFN3OS/c16-11-3-1-10(2-4-11)14(19-20-15(18)22)9-21-13-7-5-12(17)6-8-13/h1-8H,9H2,(H3,18,20,22). The third-order valence-electron chi connectivity index (χ3n) is 2.67. The number of benzene rings is 2. The largest absolute Gasteiger partial charge is 0.487 e. The summed E-state index contributed by atoms with van der Waals surface area (Å²) in [6, 6.07) is 12.8. The number of ether oxygens (including phenoxy) is 1. The van der Waals surface area contributed by atoms with Crippen LogP contribution in [0.4, 0.5) is 4.39 Å². The number of thiocarbonyl (C=S) groups is 1. The molecule has 0 heterocycles. The smallest absolute Gasteiger partial charge is 0.184 e. The van der Waals surface area contributed by atoms with Crippen LogP contribution in [-0.2, 0) is 0 Å². The van der Waals surface area contributed by atoms with Gasteiger partial charge in [-0.15, -0.1) is 0 Å². The van der Waals surface area contributed by atoms with E-state index in [0.717, 1.165) is 5.56 Å². The molecule has 7 heteroatoms. The molecule has 2 aromatic carbocycles. The minimum Gasteiger partial charge on any atom is -0.487 e. The van der Waals surface area contributed by atoms with Gasteiger partial charge in [0.2, 0.25) is 0 Å². The number of hydrogen-bond donors (Lipinski definition) is 2. The molecule has 0 aromatic heterocycles. The van der Waals surface area contributed by atoms with E-state index in [-0.39, 0.29) is 17.5 Å². The summed E-state index contributed by atoms with van der Waals surface area (Å²) < 4.78 is 18.5. The molecule has 3 N–H and O–H groups in total. The number of nitrogens with one attached hydrogen (secondary N) is 1. The van der Waals surface area contributed by atoms with Crippen LogP contribution in [0.3, 0.4) is 0 Å². The quantitative estimate of drug-likeness (QED) is 0.500. The van der Waals surface area contributed by atoms with E-state index in [4.69, 9.17) is 34.3 Å². The Kier molecular flexibility index (Phi) is 5.68. The van der Waals surface area contributed by atoms with E-state index >= 15 is 0 Å². The fraction of sp³-hybridized carbons (Fsp3) is 0.0667. The van der Waals surface area contributed by atoms with Crippen molar-refractivity contribution in [3.8, 4) is 5.75 Å². The highest BCUT2D eigenvalue weighted by molar-refractivity contribution is 7.80. The minimum atomic E-state index is -0.325. The zero-order chi connectivity index (χ0) is 15.9. The van der Waals surface area contributed by atoms with Crippen molar-refractivity contribution < 1.29 is 9.13 Å². The van der Waals surface area contributed by atoms with Crippen LogP contribution in [-0.4, -0.2) is 17.4 Å². The normalized spacial score (nSPS) is 11.1. The predicted octanol–water partition coefficient (Wildman–Crippen LogP) is 3.10. The summed E-state index contributed by atoms with van der Waals surface area (Å²) in [6.45, 7) is 0.156. The number of nitrogens with zero attached hydrogens (tertiary/aromatic N) is 1. The molecule has 0 amide bonds. The summed E-state index contributed by atoms with van der Waals surface area (Å²) in [6.07, 6.45) is 0. The van der Waals surface area contributed by atoms with Gasteiger partial charge in [0.25, 0.3) is 0 Å². The first-order valence-electron chi connectivity index (χ1n) is 6.31. The third-order valence-corrected chi connectivity index (χ3v) is 3.01. The Morgan fingerprint density at radius 3 is 2.41 bits per heavy atom. The van der Waals surface area contributed by atoms with Crippen LogP contribution in [0.15, 0.2) is 53.6 Å². The molecule has 0 radical (unpaired) electrons. The average Bonchev–Trinajstić information content (AvgIpc) is 2.50. The first kappa shape index (κ1) is 16.2. The molecule has 114 valence electrons. The third kappa shape index (κ3) is 4.98. The minimum absolute atomic E-state index is 0.0493. The van der Waals surface area contributed by atoms with Gasteiger partial charge in [-0.2, -0.15) is 5.10 Å². The van der Waals surface area contributed by atoms with Crippen LogP contribution in [0, 0.1) is 5.82 Å². The lowest BCUT2D eigenvalue weighted by atomic mass is 10.1. The van der Waals surface area contributed by atoms with Gasteiger partial charge in [0, 0.05) is 10.6 Å². The first-order valence-corrected chi connectivity index (χ1v) is 7.09. The second-order valence-electron chi connectivity index (χ2n) is 4.28. The SMILES string of the molecule is NC(=S)NN=C(COc1ccc(F)cc1)c1ccc(Cl)cc1. The lowest BCUT2D eigenvalue weighted by molar-refractivity contribution is 0.375. The molecular formula is C15H13ClFN3OS. The first-order chi connectivity index (χ1) is 10.5. The van der Waals surface area contributed by atoms with Crippen LogP contribution >= 0.6 is 23.8 Å². The molecular weight excluding hydrogens is 325 g/mol. The van der Waals surface area contributed by atoms with E-state index in [0.29, 0.717) is 16.5 Å². The van der Waals surface area contributed by atoms with Crippen LogP contribution in [0.2, 0.25) is 5.02 Å². The molecule has 0 unspecified atom stereocenters. The lowest BCUT2D eigenvalue weighted by Gasteiger charge is -2.10. The number of hydrogen-bond acceptors (Lipinski definition) is 3. The molecule has 0 atom stereocenters. The average molecular weight is 338 g/mol. The fourth-order valence-electron chi connectivity index (χ4n) is 1.63. The molecule has 22 heavy (non-hydrogen) atoms. The van der Waals surface area contributed by atoms with E-state index in [1.165, 1.54) is 24.3 Å². The Balaban J connectivity index is 2.14. The number of halogens is 2. The molecule has 2 aromatic rings. The van der Waals surface area contributed by atoms with E-state index in [9.17, 15) is 4.39 Å². The molecule has 4 nitrogen and oxygen atoms in total. The fourth-order valence-corrected chi connectivity index (χ4v) is 1.80. The van der Waals surface area contributed by atoms with Crippen molar-refractivity contribution in [2.24, 2.45) is 10.8 Å². The van der Waals surface area contributed by atoms with Crippen LogP contribution in [0.25, 0.3) is 0 Å². The van der Waals surface area contributed by atoms with Gasteiger partial charge in [0.05, 0.1) is 0 Å². The number of hydrazone groups is 1. The van der Waals surface area contributed by atoms with E-state index in [1.54, 1.807) is 24.3 Å². The highest BCUT2D eigenvalue weighted by Gasteiger charge is 2.06. The Labute approximate surface area is 137 Å². The summed E-state index contributed by atoms with van der Waals surface area (Å²) in [5.74, 6) is 0.201. The zero-order valence-corrected chi connectivity index (χ0v) is 13.0. The highest BCUT2D eigenvalue weighted by atomic mass is 35.5. The maximum atomic E-state index is 12.9. The molecule has 0 saturated heterocycles. The van der Waals surface area contributed by atoms with Crippen LogP contribution in [0.5, 0.6) is 5.75 Å². The summed E-state index contributed by atoms with van der Waals surface area (Å²) in [5.41, 5.74) is 9.28. The van der Waals surface area contributed by atoms with Gasteiger partial charge in [-0.05, 0) is 48.6 Å². The van der Waals surface area contributed by atoms with Gasteiger partial charge in [0.1, 0.15) is 23.9 Å². The van der Waals surface area contributed by atoms with E-state index in [2.05, 4.69) is 10.5 Å². The second-order valence-corrected chi connectivity index (χ2v) is 5.16. The second kappa shape index (κ2) is 7.72.